The molecular weight excluding hydrogens is 125 g/mol. The van der Waals surface area contributed by atoms with Gasteiger partial charge in [0.25, 0.3) is 0 Å². The fourth-order valence-corrected chi connectivity index (χ4v) is 0.465. The summed E-state index contributed by atoms with van der Waals surface area (Å²) in [5.41, 5.74) is 0. The van der Waals surface area contributed by atoms with E-state index in [0.29, 0.717) is 18.7 Å². The molecule has 0 aromatic heterocycles. The van der Waals surface area contributed by atoms with E-state index < -0.39 is 0 Å². The van der Waals surface area contributed by atoms with Crippen molar-refractivity contribution in [3.63, 3.8) is 0 Å². The molecule has 50 valence electrons. The molecule has 0 fully saturated rings. The van der Waals surface area contributed by atoms with Crippen LogP contribution >= 0.6 is 0 Å². The molecule has 0 unspecified atom stereocenters. The normalized spacial score (nSPS) is 8.89. The zero-order valence-corrected chi connectivity index (χ0v) is 8.77. The molecule has 3 heteroatoms. The summed E-state index contributed by atoms with van der Waals surface area (Å²) >= 11 is 0. The number of carbonyl (C=O) groups is 1. The van der Waals surface area contributed by atoms with Crippen molar-refractivity contribution in [3.8, 4) is 0 Å². The molecule has 0 rings (SSSR count). The topological polar surface area (TPSA) is 20.3 Å². The molecule has 0 aliphatic rings. The first-order valence-corrected chi connectivity index (χ1v) is 2.83. The minimum Gasteiger partial charge on any atom is -1.00 e. The zero-order chi connectivity index (χ0) is 6.57. The Hall–Kier alpha value is 0.630. The van der Waals surface area contributed by atoms with E-state index in [9.17, 15) is 4.79 Å². The Balaban J connectivity index is -0.000000245. The molecule has 0 aromatic rings. The Morgan fingerprint density at radius 1 is 1.56 bits per heavy atom. The van der Waals surface area contributed by atoms with Crippen molar-refractivity contribution < 1.29 is 35.8 Å². The van der Waals surface area contributed by atoms with E-state index in [0.717, 1.165) is 0 Å². The van der Waals surface area contributed by atoms with Gasteiger partial charge in [-0.25, -0.2) is 0 Å². The zero-order valence-electron chi connectivity index (χ0n) is 7.77. The summed E-state index contributed by atoms with van der Waals surface area (Å²) < 4.78 is 0. The van der Waals surface area contributed by atoms with Gasteiger partial charge in [0.1, 0.15) is 5.78 Å². The van der Waals surface area contributed by atoms with Crippen molar-refractivity contribution >= 4 is 5.78 Å². The molecule has 0 aromatic carbocycles. The molecule has 0 aliphatic heterocycles. The number of hydrogen-bond acceptors (Lipinski definition) is 2. The molecule has 0 bridgehead atoms. The fraction of sp³-hybridized carbons (Fsp3) is 0.833. The van der Waals surface area contributed by atoms with Crippen LogP contribution in [0.5, 0.6) is 0 Å². The first-order chi connectivity index (χ1) is 3.66. The summed E-state index contributed by atoms with van der Waals surface area (Å²) in [4.78, 5) is 12.5. The molecule has 0 aliphatic carbocycles. The van der Waals surface area contributed by atoms with Crippen LogP contribution in [0.3, 0.4) is 0 Å². The number of ketones is 1. The third-order valence-electron chi connectivity index (χ3n) is 0.887. The third kappa shape index (κ3) is 8.63. The van der Waals surface area contributed by atoms with Gasteiger partial charge in [-0.2, -0.15) is 0 Å². The molecule has 0 radical (unpaired) electrons. The predicted molar refractivity (Wildman–Crippen MR) is 35.0 cm³/mol. The predicted octanol–water partition coefficient (Wildman–Crippen LogP) is -2.36. The molecule has 0 amide bonds. The second-order valence-corrected chi connectivity index (χ2v) is 2.13. The second-order valence-electron chi connectivity index (χ2n) is 2.13. The summed E-state index contributed by atoms with van der Waals surface area (Å²) in [5, 5.41) is 0. The first kappa shape index (κ1) is 12.3. The van der Waals surface area contributed by atoms with Crippen molar-refractivity contribution in [3.05, 3.63) is 0 Å². The summed E-state index contributed by atoms with van der Waals surface area (Å²) in [7, 11) is 3.79. The van der Waals surface area contributed by atoms with Gasteiger partial charge in [0.2, 0.25) is 0 Å². The van der Waals surface area contributed by atoms with E-state index in [1.807, 2.05) is 25.9 Å². The van der Waals surface area contributed by atoms with Crippen LogP contribution in [0.15, 0.2) is 0 Å². The van der Waals surface area contributed by atoms with Crippen LogP contribution < -0.4 is 29.6 Å². The quantitative estimate of drug-likeness (QED) is 0.408. The van der Waals surface area contributed by atoms with E-state index in [1.54, 1.807) is 0 Å². The Kier molecular flexibility index (Phi) is 9.23. The molecule has 2 nitrogen and oxygen atoms in total. The summed E-state index contributed by atoms with van der Waals surface area (Å²) in [6.45, 7) is 2.46. The summed E-state index contributed by atoms with van der Waals surface area (Å²) in [6, 6.07) is 0. The fourth-order valence-electron chi connectivity index (χ4n) is 0.465. The Bertz CT molecular complexity index is 87.8. The molecule has 0 spiro atoms. The van der Waals surface area contributed by atoms with Crippen LogP contribution in [-0.4, -0.2) is 31.3 Å². The first-order valence-electron chi connectivity index (χ1n) is 2.83. The number of hydrogen-bond donors (Lipinski definition) is 0. The number of Topliss-reactive ketones (excluding diaryl/α,β-unsaturated/α-hetero) is 1. The van der Waals surface area contributed by atoms with Gasteiger partial charge in [-0.3, -0.25) is 4.79 Å². The summed E-state index contributed by atoms with van der Waals surface area (Å²) in [5.74, 6) is 0.301. The van der Waals surface area contributed by atoms with Gasteiger partial charge in [0.15, 0.2) is 0 Å². The standard InChI is InChI=1S/C6H13NO.Na.H/c1-4-6(8)5-7(2)3;;/h4-5H2,1-3H3;;/q;+1;-1. The third-order valence-corrected chi connectivity index (χ3v) is 0.887. The van der Waals surface area contributed by atoms with Gasteiger partial charge >= 0.3 is 29.6 Å². The van der Waals surface area contributed by atoms with Crippen LogP contribution in [0.25, 0.3) is 0 Å². The van der Waals surface area contributed by atoms with Crippen LogP contribution in [0.1, 0.15) is 14.8 Å². The molecule has 9 heavy (non-hydrogen) atoms. The number of rotatable bonds is 3. The van der Waals surface area contributed by atoms with E-state index in [4.69, 9.17) is 0 Å². The maximum atomic E-state index is 10.6. The van der Waals surface area contributed by atoms with Gasteiger partial charge in [-0.1, -0.05) is 6.92 Å². The minimum atomic E-state index is 0. The van der Waals surface area contributed by atoms with Crippen molar-refractivity contribution in [2.75, 3.05) is 20.6 Å². The van der Waals surface area contributed by atoms with E-state index >= 15 is 0 Å². The molecule has 0 saturated heterocycles. The Labute approximate surface area is 80.4 Å². The average molecular weight is 139 g/mol. The van der Waals surface area contributed by atoms with Gasteiger partial charge in [-0.05, 0) is 14.1 Å². The Morgan fingerprint density at radius 2 is 2.00 bits per heavy atom. The van der Waals surface area contributed by atoms with Crippen molar-refractivity contribution in [2.24, 2.45) is 0 Å². The van der Waals surface area contributed by atoms with E-state index in [1.165, 1.54) is 0 Å². The SMILES string of the molecule is CCC(=O)CN(C)C.[H-].[Na+]. The molecule has 0 saturated carbocycles. The maximum Gasteiger partial charge on any atom is 1.00 e. The van der Waals surface area contributed by atoms with Gasteiger partial charge in [-0.15, -0.1) is 0 Å². The average Bonchev–Trinajstić information content (AvgIpc) is 1.65. The van der Waals surface area contributed by atoms with Crippen LogP contribution in [0, 0.1) is 0 Å². The van der Waals surface area contributed by atoms with Crippen molar-refractivity contribution in [1.29, 1.82) is 0 Å². The smallest absolute Gasteiger partial charge is 1.00 e. The number of nitrogens with zero attached hydrogens (tertiary/aromatic N) is 1. The van der Waals surface area contributed by atoms with Gasteiger partial charge in [0.05, 0.1) is 6.54 Å². The number of likely N-dealkylation sites (N-methyl/N-ethyl adjacent to an activating group) is 1. The van der Waals surface area contributed by atoms with Gasteiger partial charge < -0.3 is 6.33 Å². The molecule has 0 atom stereocenters. The second kappa shape index (κ2) is 6.75. The van der Waals surface area contributed by atoms with Crippen LogP contribution in [-0.2, 0) is 4.79 Å². The number of carbonyl (C=O) groups excluding carboxylic acids is 1. The molecule has 0 N–H and O–H groups in total. The monoisotopic (exact) mass is 139 g/mol. The largest absolute Gasteiger partial charge is 1.00 e. The van der Waals surface area contributed by atoms with Crippen LogP contribution in [0.4, 0.5) is 0 Å². The minimum absolute atomic E-state index is 0. The van der Waals surface area contributed by atoms with Crippen LogP contribution in [0.2, 0.25) is 0 Å². The molecule has 0 heterocycles. The van der Waals surface area contributed by atoms with Crippen molar-refractivity contribution in [1.82, 2.24) is 4.90 Å². The Morgan fingerprint density at radius 3 is 2.11 bits per heavy atom. The van der Waals surface area contributed by atoms with E-state index in [-0.39, 0.29) is 31.0 Å². The van der Waals surface area contributed by atoms with Crippen molar-refractivity contribution in [2.45, 2.75) is 13.3 Å². The van der Waals surface area contributed by atoms with Gasteiger partial charge in [0, 0.05) is 6.42 Å². The summed E-state index contributed by atoms with van der Waals surface area (Å²) in [6.07, 6.45) is 0.651. The molecular formula is C6H14NNaO. The maximum absolute atomic E-state index is 10.6. The van der Waals surface area contributed by atoms with E-state index in [2.05, 4.69) is 0 Å².